The molecule has 0 bridgehead atoms. The first-order chi connectivity index (χ1) is 14.1. The van der Waals surface area contributed by atoms with Crippen LogP contribution in [0.5, 0.6) is 0 Å². The topological polar surface area (TPSA) is 102 Å². The van der Waals surface area contributed by atoms with Crippen molar-refractivity contribution in [3.8, 4) is 11.4 Å². The lowest BCUT2D eigenvalue weighted by atomic mass is 9.96. The molecule has 9 heteroatoms. The Labute approximate surface area is 174 Å². The minimum atomic E-state index is -0.509. The summed E-state index contributed by atoms with van der Waals surface area (Å²) in [6.07, 6.45) is 10.5. The van der Waals surface area contributed by atoms with Crippen molar-refractivity contribution in [2.75, 3.05) is 0 Å². The molecule has 154 valence electrons. The highest BCUT2D eigenvalue weighted by Crippen LogP contribution is 2.26. The molecular weight excluding hydrogens is 388 g/mol. The minimum absolute atomic E-state index is 0.151. The lowest BCUT2D eigenvalue weighted by Gasteiger charge is -2.23. The molecule has 2 N–H and O–H groups in total. The predicted molar refractivity (Wildman–Crippen MR) is 112 cm³/mol. The lowest BCUT2D eigenvalue weighted by molar-refractivity contribution is -0.119. The summed E-state index contributed by atoms with van der Waals surface area (Å²) in [5.41, 5.74) is 0.880. The zero-order chi connectivity index (χ0) is 20.6. The third kappa shape index (κ3) is 5.66. The van der Waals surface area contributed by atoms with Crippen molar-refractivity contribution in [1.29, 1.82) is 0 Å². The highest BCUT2D eigenvalue weighted by Gasteiger charge is 2.23. The van der Waals surface area contributed by atoms with E-state index in [4.69, 9.17) is 0 Å². The summed E-state index contributed by atoms with van der Waals surface area (Å²) in [6, 6.07) is 3.42. The molecule has 0 spiro atoms. The van der Waals surface area contributed by atoms with E-state index in [-0.39, 0.29) is 11.9 Å². The molecule has 3 amide bonds. The average Bonchev–Trinajstić information content (AvgIpc) is 3.12. The van der Waals surface area contributed by atoms with E-state index in [1.54, 1.807) is 25.4 Å². The highest BCUT2D eigenvalue weighted by molar-refractivity contribution is 8.00. The molecular formula is C20H26N6O2S. The summed E-state index contributed by atoms with van der Waals surface area (Å²) < 4.78 is 1.89. The maximum atomic E-state index is 12.5. The second-order valence-corrected chi connectivity index (χ2v) is 8.31. The number of thioether (sulfide) groups is 1. The van der Waals surface area contributed by atoms with Crippen molar-refractivity contribution in [3.05, 3.63) is 37.2 Å². The second-order valence-electron chi connectivity index (χ2n) is 7.00. The fraction of sp³-hybridized carbons (Fsp3) is 0.450. The fourth-order valence-electron chi connectivity index (χ4n) is 3.28. The third-order valence-electron chi connectivity index (χ3n) is 4.80. The maximum Gasteiger partial charge on any atom is 0.321 e. The number of amides is 3. The molecule has 0 unspecified atom stereocenters. The van der Waals surface area contributed by atoms with Crippen molar-refractivity contribution < 1.29 is 9.59 Å². The van der Waals surface area contributed by atoms with Crippen LogP contribution < -0.4 is 10.6 Å². The highest BCUT2D eigenvalue weighted by atomic mass is 32.2. The maximum absolute atomic E-state index is 12.5. The number of carbonyl (C=O) groups is 2. The van der Waals surface area contributed by atoms with Crippen LogP contribution in [0.1, 0.15) is 39.0 Å². The van der Waals surface area contributed by atoms with Gasteiger partial charge >= 0.3 is 6.03 Å². The quantitative estimate of drug-likeness (QED) is 0.533. The Balaban J connectivity index is 1.62. The van der Waals surface area contributed by atoms with Crippen molar-refractivity contribution in [2.24, 2.45) is 0 Å². The van der Waals surface area contributed by atoms with Crippen LogP contribution in [-0.2, 0) is 11.3 Å². The van der Waals surface area contributed by atoms with Crippen LogP contribution in [0.25, 0.3) is 11.4 Å². The van der Waals surface area contributed by atoms with Gasteiger partial charge in [-0.25, -0.2) is 4.79 Å². The van der Waals surface area contributed by atoms with Crippen LogP contribution in [0.15, 0.2) is 42.3 Å². The number of aromatic nitrogens is 4. The van der Waals surface area contributed by atoms with Crippen LogP contribution in [0.2, 0.25) is 0 Å². The number of allylic oxidation sites excluding steroid dienone is 1. The van der Waals surface area contributed by atoms with Crippen LogP contribution >= 0.6 is 11.8 Å². The number of nitrogens with zero attached hydrogens (tertiary/aromatic N) is 4. The number of pyridine rings is 1. The zero-order valence-corrected chi connectivity index (χ0v) is 17.3. The molecule has 3 rings (SSSR count). The first kappa shape index (κ1) is 21.0. The molecule has 0 saturated heterocycles. The third-order valence-corrected chi connectivity index (χ3v) is 5.88. The number of carbonyl (C=O) groups excluding carboxylic acids is 2. The largest absolute Gasteiger partial charge is 0.335 e. The van der Waals surface area contributed by atoms with Gasteiger partial charge in [0.05, 0.1) is 5.25 Å². The van der Waals surface area contributed by atoms with Gasteiger partial charge in [-0.15, -0.1) is 16.8 Å². The molecule has 8 nitrogen and oxygen atoms in total. The van der Waals surface area contributed by atoms with E-state index >= 15 is 0 Å². The molecule has 1 aliphatic carbocycles. The van der Waals surface area contributed by atoms with Crippen molar-refractivity contribution in [3.63, 3.8) is 0 Å². The van der Waals surface area contributed by atoms with Gasteiger partial charge < -0.3 is 5.32 Å². The first-order valence-electron chi connectivity index (χ1n) is 9.81. The average molecular weight is 415 g/mol. The summed E-state index contributed by atoms with van der Waals surface area (Å²) in [5, 5.41) is 13.9. The first-order valence-corrected chi connectivity index (χ1v) is 10.7. The van der Waals surface area contributed by atoms with Gasteiger partial charge in [-0.05, 0) is 31.9 Å². The molecule has 29 heavy (non-hydrogen) atoms. The van der Waals surface area contributed by atoms with E-state index in [0.717, 1.165) is 31.2 Å². The Morgan fingerprint density at radius 1 is 1.28 bits per heavy atom. The van der Waals surface area contributed by atoms with Gasteiger partial charge in [0, 0.05) is 30.5 Å². The molecule has 2 heterocycles. The summed E-state index contributed by atoms with van der Waals surface area (Å²) in [6.45, 7) is 6.04. The van der Waals surface area contributed by atoms with Gasteiger partial charge in [-0.2, -0.15) is 0 Å². The van der Waals surface area contributed by atoms with E-state index in [0.29, 0.717) is 17.5 Å². The fourth-order valence-corrected chi connectivity index (χ4v) is 4.14. The van der Waals surface area contributed by atoms with Gasteiger partial charge in [0.1, 0.15) is 0 Å². The minimum Gasteiger partial charge on any atom is -0.335 e. The van der Waals surface area contributed by atoms with Gasteiger partial charge in [0.15, 0.2) is 11.0 Å². The summed E-state index contributed by atoms with van der Waals surface area (Å²) in [5.74, 6) is 0.319. The molecule has 2 aromatic rings. The summed E-state index contributed by atoms with van der Waals surface area (Å²) in [4.78, 5) is 28.6. The van der Waals surface area contributed by atoms with Crippen LogP contribution in [0.4, 0.5) is 4.79 Å². The van der Waals surface area contributed by atoms with E-state index in [9.17, 15) is 9.59 Å². The van der Waals surface area contributed by atoms with E-state index in [1.807, 2.05) is 16.7 Å². The van der Waals surface area contributed by atoms with Crippen LogP contribution in [-0.4, -0.2) is 43.0 Å². The number of nitrogens with one attached hydrogen (secondary N) is 2. The van der Waals surface area contributed by atoms with Crippen LogP contribution in [0.3, 0.4) is 0 Å². The van der Waals surface area contributed by atoms with E-state index < -0.39 is 11.3 Å². The predicted octanol–water partition coefficient (Wildman–Crippen LogP) is 3.17. The molecule has 2 aromatic heterocycles. The number of urea groups is 1. The van der Waals surface area contributed by atoms with Crippen LogP contribution in [0, 0.1) is 0 Å². The SMILES string of the molecule is C=CCn1c(S[C@@H](C)C(=O)NC(=O)NC2CCCCC2)nnc1-c1ccncc1. The van der Waals surface area contributed by atoms with Gasteiger partial charge in [-0.1, -0.05) is 37.1 Å². The standard InChI is InChI=1S/C20H26N6O2S/c1-3-13-26-17(15-9-11-21-12-10-15)24-25-20(26)29-14(2)18(27)23-19(28)22-16-7-5-4-6-8-16/h3,9-12,14,16H,1,4-8,13H2,2H3,(H2,22,23,27,28)/t14-/m0/s1. The lowest BCUT2D eigenvalue weighted by Crippen LogP contribution is -2.47. The van der Waals surface area contributed by atoms with Crippen molar-refractivity contribution >= 4 is 23.7 Å². The normalized spacial score (nSPS) is 15.5. The Kier molecular flexibility index (Phi) is 7.40. The number of hydrogen-bond donors (Lipinski definition) is 2. The molecule has 1 fully saturated rings. The Hall–Kier alpha value is -2.68. The monoisotopic (exact) mass is 414 g/mol. The molecule has 1 atom stereocenters. The molecule has 0 aromatic carbocycles. The number of hydrogen-bond acceptors (Lipinski definition) is 6. The van der Waals surface area contributed by atoms with Crippen molar-refractivity contribution in [1.82, 2.24) is 30.4 Å². The molecule has 1 saturated carbocycles. The summed E-state index contributed by atoms with van der Waals surface area (Å²) in [7, 11) is 0. The summed E-state index contributed by atoms with van der Waals surface area (Å²) >= 11 is 1.26. The number of imide groups is 1. The van der Waals surface area contributed by atoms with E-state index in [2.05, 4.69) is 32.4 Å². The van der Waals surface area contributed by atoms with Gasteiger partial charge in [0.25, 0.3) is 0 Å². The van der Waals surface area contributed by atoms with Crippen molar-refractivity contribution in [2.45, 2.75) is 62.0 Å². The Bertz CT molecular complexity index is 848. The Morgan fingerprint density at radius 2 is 2.00 bits per heavy atom. The van der Waals surface area contributed by atoms with E-state index in [1.165, 1.54) is 18.2 Å². The molecule has 0 aliphatic heterocycles. The second kappa shape index (κ2) is 10.2. The number of rotatable bonds is 7. The Morgan fingerprint density at radius 3 is 2.69 bits per heavy atom. The zero-order valence-electron chi connectivity index (χ0n) is 16.5. The molecule has 0 radical (unpaired) electrons. The van der Waals surface area contributed by atoms with Gasteiger partial charge in [0.2, 0.25) is 5.91 Å². The van der Waals surface area contributed by atoms with Gasteiger partial charge in [-0.3, -0.25) is 19.7 Å². The molecule has 1 aliphatic rings. The smallest absolute Gasteiger partial charge is 0.321 e.